The highest BCUT2D eigenvalue weighted by atomic mass is 16.7. The molecule has 3 atom stereocenters. The number of carbonyl (C=O) groups is 3. The van der Waals surface area contributed by atoms with Crippen LogP contribution in [0.1, 0.15) is 40.0 Å². The fourth-order valence-electron chi connectivity index (χ4n) is 3.69. The second-order valence-electron chi connectivity index (χ2n) is 8.58. The summed E-state index contributed by atoms with van der Waals surface area (Å²) in [6.45, 7) is 7.10. The third-order valence-corrected chi connectivity index (χ3v) is 5.09. The van der Waals surface area contributed by atoms with Crippen molar-refractivity contribution in [2.24, 2.45) is 0 Å². The number of rotatable bonds is 4. The van der Waals surface area contributed by atoms with Crippen LogP contribution >= 0.6 is 0 Å². The summed E-state index contributed by atoms with van der Waals surface area (Å²) in [4.78, 5) is 44.9. The lowest BCUT2D eigenvalue weighted by molar-refractivity contribution is -0.142. The molecular weight excluding hydrogens is 384 g/mol. The molecule has 0 spiro atoms. The summed E-state index contributed by atoms with van der Waals surface area (Å²) in [6, 6.07) is -1.50. The first-order valence-electron chi connectivity index (χ1n) is 9.95. The Morgan fingerprint density at radius 1 is 1.28 bits per heavy atom. The molecule has 3 aliphatic heterocycles. The molecular formula is C18H30N4O7. The molecule has 11 nitrogen and oxygen atoms in total. The number of nitrogens with zero attached hydrogens (tertiary/aromatic N) is 3. The molecule has 0 aromatic rings. The Morgan fingerprint density at radius 3 is 2.76 bits per heavy atom. The number of hydroxylamine groups is 3. The van der Waals surface area contributed by atoms with E-state index >= 15 is 0 Å². The van der Waals surface area contributed by atoms with E-state index in [0.717, 1.165) is 0 Å². The quantitative estimate of drug-likeness (QED) is 0.513. The van der Waals surface area contributed by atoms with Gasteiger partial charge in [0.2, 0.25) is 0 Å². The summed E-state index contributed by atoms with van der Waals surface area (Å²) in [5, 5.41) is 10.4. The molecule has 1 unspecified atom stereocenters. The molecule has 0 aliphatic carbocycles. The van der Waals surface area contributed by atoms with Crippen molar-refractivity contribution in [1.29, 1.82) is 0 Å². The van der Waals surface area contributed by atoms with Crippen LogP contribution in [0.5, 0.6) is 0 Å². The van der Waals surface area contributed by atoms with Gasteiger partial charge in [-0.1, -0.05) is 0 Å². The average Bonchev–Trinajstić information content (AvgIpc) is 2.83. The van der Waals surface area contributed by atoms with Gasteiger partial charge in [-0.3, -0.25) is 14.8 Å². The van der Waals surface area contributed by atoms with E-state index < -0.39 is 35.8 Å². The minimum absolute atomic E-state index is 0.0560. The Kier molecular flexibility index (Phi) is 6.49. The summed E-state index contributed by atoms with van der Waals surface area (Å²) in [6.07, 6.45) is 0.861. The number of amides is 4. The fourth-order valence-corrected chi connectivity index (χ4v) is 3.69. The molecule has 4 amide bonds. The molecule has 3 rings (SSSR count). The van der Waals surface area contributed by atoms with Gasteiger partial charge in [0.25, 0.3) is 5.91 Å². The Balaban J connectivity index is 1.46. The zero-order valence-corrected chi connectivity index (χ0v) is 17.1. The first-order valence-corrected chi connectivity index (χ1v) is 9.95. The highest BCUT2D eigenvalue weighted by Crippen LogP contribution is 2.28. The fraction of sp³-hybridized carbons (Fsp3) is 0.833. The molecule has 0 aromatic carbocycles. The van der Waals surface area contributed by atoms with Gasteiger partial charge in [0, 0.05) is 19.7 Å². The van der Waals surface area contributed by atoms with Crippen LogP contribution in [0, 0.1) is 0 Å². The zero-order chi connectivity index (χ0) is 21.2. The molecule has 0 saturated carbocycles. The number of piperidine rings is 1. The standard InChI is InChI=1S/C18H30N4O7/c1-18(2,3)29-17(25)20-7-4-8-27-13(10-20)11-28-19-15(23)14-6-5-12-9-21(14)16(24)22(12)26/h12-14,26H,4-11H2,1-3H3,(H,19,23)/t12-,13?,14+/m1/s1. The minimum atomic E-state index is -0.677. The van der Waals surface area contributed by atoms with E-state index in [1.54, 1.807) is 4.90 Å². The van der Waals surface area contributed by atoms with Crippen LogP contribution < -0.4 is 5.48 Å². The maximum atomic E-state index is 12.4. The molecule has 2 bridgehead atoms. The van der Waals surface area contributed by atoms with E-state index in [9.17, 15) is 19.6 Å². The van der Waals surface area contributed by atoms with Gasteiger partial charge in [-0.05, 0) is 40.0 Å². The van der Waals surface area contributed by atoms with Gasteiger partial charge in [-0.2, -0.15) is 0 Å². The molecule has 2 N–H and O–H groups in total. The molecule has 3 heterocycles. The van der Waals surface area contributed by atoms with Gasteiger partial charge >= 0.3 is 12.1 Å². The lowest BCUT2D eigenvalue weighted by atomic mass is 10.0. The van der Waals surface area contributed by atoms with E-state index in [-0.39, 0.29) is 12.6 Å². The van der Waals surface area contributed by atoms with E-state index in [4.69, 9.17) is 14.3 Å². The highest BCUT2D eigenvalue weighted by molar-refractivity contribution is 5.87. The second-order valence-corrected chi connectivity index (χ2v) is 8.58. The lowest BCUT2D eigenvalue weighted by Gasteiger charge is -2.29. The topological polar surface area (TPSA) is 121 Å². The van der Waals surface area contributed by atoms with Crippen molar-refractivity contribution < 1.29 is 33.9 Å². The van der Waals surface area contributed by atoms with Gasteiger partial charge in [0.05, 0.1) is 12.6 Å². The summed E-state index contributed by atoms with van der Waals surface area (Å²) >= 11 is 0. The zero-order valence-electron chi connectivity index (χ0n) is 17.1. The van der Waals surface area contributed by atoms with Crippen LogP contribution in [0.15, 0.2) is 0 Å². The molecule has 29 heavy (non-hydrogen) atoms. The normalized spacial score (nSPS) is 27.7. The lowest BCUT2D eigenvalue weighted by Crippen LogP contribution is -2.50. The van der Waals surface area contributed by atoms with Crippen LogP contribution in [0.3, 0.4) is 0 Å². The summed E-state index contributed by atoms with van der Waals surface area (Å²) < 4.78 is 11.1. The average molecular weight is 414 g/mol. The Labute approximate surface area is 169 Å². The van der Waals surface area contributed by atoms with Gasteiger partial charge in [0.1, 0.15) is 24.4 Å². The van der Waals surface area contributed by atoms with Gasteiger partial charge < -0.3 is 19.3 Å². The van der Waals surface area contributed by atoms with E-state index in [1.165, 1.54) is 4.90 Å². The second kappa shape index (κ2) is 8.72. The first-order chi connectivity index (χ1) is 13.7. The number of hydrogen-bond donors (Lipinski definition) is 2. The smallest absolute Gasteiger partial charge is 0.410 e. The van der Waals surface area contributed by atoms with Crippen LogP contribution in [0.4, 0.5) is 9.59 Å². The van der Waals surface area contributed by atoms with Crippen molar-refractivity contribution >= 4 is 18.0 Å². The Morgan fingerprint density at radius 2 is 2.03 bits per heavy atom. The molecule has 3 fully saturated rings. The van der Waals surface area contributed by atoms with Crippen LogP contribution in [0.25, 0.3) is 0 Å². The highest BCUT2D eigenvalue weighted by Gasteiger charge is 2.46. The SMILES string of the molecule is CC(C)(C)OC(=O)N1CCCOC(CONC(=O)[C@@H]2CC[C@@H]3CN2C(=O)N3O)C1. The van der Waals surface area contributed by atoms with Crippen molar-refractivity contribution in [3.63, 3.8) is 0 Å². The minimum Gasteiger partial charge on any atom is -0.444 e. The van der Waals surface area contributed by atoms with Gasteiger partial charge in [-0.25, -0.2) is 20.1 Å². The summed E-state index contributed by atoms with van der Waals surface area (Å²) in [5.41, 5.74) is 1.79. The maximum absolute atomic E-state index is 12.4. The predicted octanol–water partition coefficient (Wildman–Crippen LogP) is 0.718. The maximum Gasteiger partial charge on any atom is 0.410 e. The number of nitrogens with one attached hydrogen (secondary N) is 1. The summed E-state index contributed by atoms with van der Waals surface area (Å²) in [7, 11) is 0. The third-order valence-electron chi connectivity index (χ3n) is 5.09. The summed E-state index contributed by atoms with van der Waals surface area (Å²) in [5.74, 6) is -0.440. The van der Waals surface area contributed by atoms with Crippen molar-refractivity contribution in [3.8, 4) is 0 Å². The van der Waals surface area contributed by atoms with E-state index in [2.05, 4.69) is 5.48 Å². The molecule has 0 radical (unpaired) electrons. The number of hydrogen-bond acceptors (Lipinski definition) is 7. The largest absolute Gasteiger partial charge is 0.444 e. The molecule has 3 saturated heterocycles. The van der Waals surface area contributed by atoms with Crippen molar-refractivity contribution in [3.05, 3.63) is 0 Å². The van der Waals surface area contributed by atoms with Crippen molar-refractivity contribution in [1.82, 2.24) is 20.3 Å². The van der Waals surface area contributed by atoms with Crippen molar-refractivity contribution in [2.45, 2.75) is 63.8 Å². The number of urea groups is 1. The predicted molar refractivity (Wildman–Crippen MR) is 98.8 cm³/mol. The third kappa shape index (κ3) is 5.28. The monoisotopic (exact) mass is 414 g/mol. The molecule has 11 heteroatoms. The number of carbonyl (C=O) groups excluding carboxylic acids is 3. The van der Waals surface area contributed by atoms with Crippen molar-refractivity contribution in [2.75, 3.05) is 32.8 Å². The molecule has 164 valence electrons. The Bertz CT molecular complexity index is 638. The number of fused-ring (bicyclic) bond motifs is 2. The first kappa shape index (κ1) is 21.6. The van der Waals surface area contributed by atoms with Crippen LogP contribution in [0.2, 0.25) is 0 Å². The van der Waals surface area contributed by atoms with E-state index in [0.29, 0.717) is 50.6 Å². The van der Waals surface area contributed by atoms with E-state index in [1.807, 2.05) is 20.8 Å². The van der Waals surface area contributed by atoms with Crippen LogP contribution in [-0.2, 0) is 19.1 Å². The Hall–Kier alpha value is -2.11. The van der Waals surface area contributed by atoms with Gasteiger partial charge in [-0.15, -0.1) is 0 Å². The molecule has 0 aromatic heterocycles. The number of ether oxygens (including phenoxy) is 2. The molecule has 3 aliphatic rings. The van der Waals surface area contributed by atoms with Gasteiger partial charge in [0.15, 0.2) is 0 Å². The van der Waals surface area contributed by atoms with Crippen LogP contribution in [-0.4, -0.2) is 94.7 Å².